The van der Waals surface area contributed by atoms with Gasteiger partial charge in [-0.05, 0) is 0 Å². The number of thiazole rings is 1. The van der Waals surface area contributed by atoms with Crippen molar-refractivity contribution in [2.75, 3.05) is 0 Å². The third kappa shape index (κ3) is 0.962. The third-order valence-electron chi connectivity index (χ3n) is 0.615. The Morgan fingerprint density at radius 1 is 1.86 bits per heavy atom. The molecule has 1 aromatic rings. The highest BCUT2D eigenvalue weighted by atomic mass is 32.1. The standard InChI is InChI=1S/C4H4FNS/c5-1-4-2-6-3-7-4/h2-3H,1H2. The molecule has 0 N–H and O–H groups in total. The summed E-state index contributed by atoms with van der Waals surface area (Å²) in [6.45, 7) is -0.384. The molecule has 1 heterocycles. The van der Waals surface area contributed by atoms with Crippen LogP contribution < -0.4 is 0 Å². The smallest absolute Gasteiger partial charge is 0.125 e. The highest BCUT2D eigenvalue weighted by Gasteiger charge is 1.87. The van der Waals surface area contributed by atoms with Crippen LogP contribution in [-0.2, 0) is 6.67 Å². The van der Waals surface area contributed by atoms with Crippen molar-refractivity contribution in [1.29, 1.82) is 0 Å². The molecule has 0 aliphatic heterocycles. The average Bonchev–Trinajstić information content (AvgIpc) is 2.14. The number of rotatable bonds is 1. The van der Waals surface area contributed by atoms with E-state index in [9.17, 15) is 4.39 Å². The number of nitrogens with zero attached hydrogens (tertiary/aromatic N) is 1. The summed E-state index contributed by atoms with van der Waals surface area (Å²) in [6.07, 6.45) is 1.53. The zero-order valence-electron chi connectivity index (χ0n) is 3.60. The lowest BCUT2D eigenvalue weighted by Gasteiger charge is -1.73. The topological polar surface area (TPSA) is 12.9 Å². The average molecular weight is 117 g/mol. The summed E-state index contributed by atoms with van der Waals surface area (Å²) in [5.41, 5.74) is 1.62. The summed E-state index contributed by atoms with van der Waals surface area (Å²) in [7, 11) is 0. The second kappa shape index (κ2) is 2.02. The van der Waals surface area contributed by atoms with Gasteiger partial charge in [0, 0.05) is 6.20 Å². The van der Waals surface area contributed by atoms with Crippen LogP contribution in [0.1, 0.15) is 4.88 Å². The maximum atomic E-state index is 11.5. The molecule has 0 unspecified atom stereocenters. The first-order chi connectivity index (χ1) is 3.43. The van der Waals surface area contributed by atoms with Crippen LogP contribution in [-0.4, -0.2) is 4.98 Å². The third-order valence-corrected chi connectivity index (χ3v) is 1.36. The number of alkyl halides is 1. The van der Waals surface area contributed by atoms with Gasteiger partial charge in [-0.15, -0.1) is 11.3 Å². The second-order valence-electron chi connectivity index (χ2n) is 1.10. The molecule has 1 rings (SSSR count). The Bertz CT molecular complexity index is 126. The van der Waals surface area contributed by atoms with Crippen LogP contribution in [0.3, 0.4) is 0 Å². The highest BCUT2D eigenvalue weighted by Crippen LogP contribution is 2.05. The monoisotopic (exact) mass is 117 g/mol. The molecule has 0 saturated heterocycles. The highest BCUT2D eigenvalue weighted by molar-refractivity contribution is 7.09. The fourth-order valence-electron chi connectivity index (χ4n) is 0.308. The molecule has 0 saturated carbocycles. The number of hydrogen-bond donors (Lipinski definition) is 0. The Morgan fingerprint density at radius 3 is 3.00 bits per heavy atom. The SMILES string of the molecule is FCc1cncs1. The molecule has 0 aliphatic carbocycles. The number of halogens is 1. The molecule has 7 heavy (non-hydrogen) atoms. The van der Waals surface area contributed by atoms with Crippen molar-refractivity contribution in [2.45, 2.75) is 6.67 Å². The van der Waals surface area contributed by atoms with E-state index in [0.29, 0.717) is 4.88 Å². The first kappa shape index (κ1) is 4.71. The van der Waals surface area contributed by atoms with Gasteiger partial charge in [-0.2, -0.15) is 0 Å². The van der Waals surface area contributed by atoms with Gasteiger partial charge in [0.1, 0.15) is 6.67 Å². The van der Waals surface area contributed by atoms with Crippen LogP contribution in [0.5, 0.6) is 0 Å². The normalized spacial score (nSPS) is 9.29. The molecule has 0 radical (unpaired) electrons. The summed E-state index contributed by atoms with van der Waals surface area (Å²) < 4.78 is 11.5. The van der Waals surface area contributed by atoms with Crippen molar-refractivity contribution in [1.82, 2.24) is 4.98 Å². The van der Waals surface area contributed by atoms with Gasteiger partial charge in [-0.3, -0.25) is 4.98 Å². The summed E-state index contributed by atoms with van der Waals surface area (Å²) in [4.78, 5) is 4.37. The minimum absolute atomic E-state index is 0.384. The molecule has 1 nitrogen and oxygen atoms in total. The molecule has 0 bridgehead atoms. The fourth-order valence-corrected chi connectivity index (χ4v) is 0.750. The van der Waals surface area contributed by atoms with Gasteiger partial charge < -0.3 is 0 Å². The fraction of sp³-hybridized carbons (Fsp3) is 0.250. The van der Waals surface area contributed by atoms with E-state index in [1.807, 2.05) is 0 Å². The molecule has 3 heteroatoms. The van der Waals surface area contributed by atoms with E-state index >= 15 is 0 Å². The predicted molar refractivity (Wildman–Crippen MR) is 26.9 cm³/mol. The van der Waals surface area contributed by atoms with Crippen molar-refractivity contribution in [3.63, 3.8) is 0 Å². The number of aromatic nitrogens is 1. The van der Waals surface area contributed by atoms with Crippen molar-refractivity contribution in [3.8, 4) is 0 Å². The van der Waals surface area contributed by atoms with Gasteiger partial charge in [-0.25, -0.2) is 4.39 Å². The van der Waals surface area contributed by atoms with Crippen LogP contribution in [0.15, 0.2) is 11.7 Å². The zero-order valence-corrected chi connectivity index (χ0v) is 4.41. The van der Waals surface area contributed by atoms with Gasteiger partial charge in [0.2, 0.25) is 0 Å². The minimum atomic E-state index is -0.384. The maximum Gasteiger partial charge on any atom is 0.125 e. The largest absolute Gasteiger partial charge is 0.253 e. The van der Waals surface area contributed by atoms with E-state index in [1.165, 1.54) is 17.5 Å². The molecule has 0 atom stereocenters. The van der Waals surface area contributed by atoms with Crippen LogP contribution in [0.4, 0.5) is 4.39 Å². The van der Waals surface area contributed by atoms with E-state index in [2.05, 4.69) is 4.98 Å². The van der Waals surface area contributed by atoms with E-state index in [4.69, 9.17) is 0 Å². The first-order valence-electron chi connectivity index (χ1n) is 1.87. The van der Waals surface area contributed by atoms with E-state index in [-0.39, 0.29) is 6.67 Å². The van der Waals surface area contributed by atoms with Gasteiger partial charge in [0.15, 0.2) is 0 Å². The molecule has 0 aliphatic rings. The summed E-state index contributed by atoms with van der Waals surface area (Å²) in [5.74, 6) is 0. The van der Waals surface area contributed by atoms with Crippen LogP contribution in [0, 0.1) is 0 Å². The molecule has 0 aromatic carbocycles. The molecular formula is C4H4FNS. The zero-order chi connectivity index (χ0) is 5.11. The van der Waals surface area contributed by atoms with Gasteiger partial charge in [-0.1, -0.05) is 0 Å². The van der Waals surface area contributed by atoms with Crippen molar-refractivity contribution in [2.24, 2.45) is 0 Å². The lowest BCUT2D eigenvalue weighted by molar-refractivity contribution is 0.491. The van der Waals surface area contributed by atoms with Crippen molar-refractivity contribution < 1.29 is 4.39 Å². The Kier molecular flexibility index (Phi) is 1.36. The lowest BCUT2D eigenvalue weighted by atomic mass is 10.6. The van der Waals surface area contributed by atoms with Gasteiger partial charge in [0.25, 0.3) is 0 Å². The van der Waals surface area contributed by atoms with E-state index < -0.39 is 0 Å². The van der Waals surface area contributed by atoms with Crippen LogP contribution in [0.2, 0.25) is 0 Å². The quantitative estimate of drug-likeness (QED) is 0.544. The lowest BCUT2D eigenvalue weighted by Crippen LogP contribution is -1.62. The molecule has 38 valence electrons. The Labute approximate surface area is 44.8 Å². The van der Waals surface area contributed by atoms with Crippen LogP contribution >= 0.6 is 11.3 Å². The molecule has 0 spiro atoms. The summed E-state index contributed by atoms with van der Waals surface area (Å²) >= 11 is 1.34. The Balaban J connectivity index is 2.76. The van der Waals surface area contributed by atoms with Crippen LogP contribution in [0.25, 0.3) is 0 Å². The summed E-state index contributed by atoms with van der Waals surface area (Å²) in [6, 6.07) is 0. The van der Waals surface area contributed by atoms with E-state index in [1.54, 1.807) is 5.51 Å². The first-order valence-corrected chi connectivity index (χ1v) is 2.75. The Hall–Kier alpha value is -0.440. The minimum Gasteiger partial charge on any atom is -0.253 e. The molecule has 0 fully saturated rings. The maximum absolute atomic E-state index is 11.5. The Morgan fingerprint density at radius 2 is 2.71 bits per heavy atom. The van der Waals surface area contributed by atoms with Gasteiger partial charge >= 0.3 is 0 Å². The van der Waals surface area contributed by atoms with E-state index in [0.717, 1.165) is 0 Å². The van der Waals surface area contributed by atoms with Crippen molar-refractivity contribution in [3.05, 3.63) is 16.6 Å². The van der Waals surface area contributed by atoms with Gasteiger partial charge in [0.05, 0.1) is 10.4 Å². The molecule has 0 amide bonds. The van der Waals surface area contributed by atoms with Crippen molar-refractivity contribution >= 4 is 11.3 Å². The molecular weight excluding hydrogens is 113 g/mol. The predicted octanol–water partition coefficient (Wildman–Crippen LogP) is 1.61. The summed E-state index contributed by atoms with van der Waals surface area (Å²) in [5, 5.41) is 0. The molecule has 1 aromatic heterocycles. The number of hydrogen-bond acceptors (Lipinski definition) is 2. The second-order valence-corrected chi connectivity index (χ2v) is 2.07.